The molecule has 82 valence electrons. The van der Waals surface area contributed by atoms with Crippen LogP contribution in [0.15, 0.2) is 29.3 Å². The molecule has 1 atom stereocenters. The predicted molar refractivity (Wildman–Crippen MR) is 60.8 cm³/mol. The van der Waals surface area contributed by atoms with Gasteiger partial charge in [0.1, 0.15) is 0 Å². The molecule has 0 amide bonds. The first kappa shape index (κ1) is 12.3. The van der Waals surface area contributed by atoms with E-state index in [2.05, 4.69) is 27.8 Å². The Kier molecular flexibility index (Phi) is 4.42. The second-order valence-electron chi connectivity index (χ2n) is 3.29. The highest BCUT2D eigenvalue weighted by Crippen LogP contribution is 2.16. The number of rotatable bonds is 4. The van der Waals surface area contributed by atoms with Gasteiger partial charge in [-0.2, -0.15) is 0 Å². The third-order valence-corrected chi connectivity index (χ3v) is 2.32. The first-order chi connectivity index (χ1) is 7.00. The predicted octanol–water partition coefficient (Wildman–Crippen LogP) is 3.52. The maximum atomic E-state index is 12.9. The number of nitrogens with one attached hydrogen (secondary N) is 1. The molecule has 1 unspecified atom stereocenters. The van der Waals surface area contributed by atoms with E-state index in [4.69, 9.17) is 0 Å². The molecule has 0 bridgehead atoms. The van der Waals surface area contributed by atoms with E-state index < -0.39 is 11.6 Å². The lowest BCUT2D eigenvalue weighted by Crippen LogP contribution is -2.19. The fraction of sp³-hybridized carbons (Fsp3) is 0.273. The minimum absolute atomic E-state index is 0.0469. The minimum Gasteiger partial charge on any atom is -0.306 e. The van der Waals surface area contributed by atoms with E-state index in [-0.39, 0.29) is 6.04 Å². The molecule has 1 aromatic carbocycles. The lowest BCUT2D eigenvalue weighted by Gasteiger charge is -2.13. The lowest BCUT2D eigenvalue weighted by molar-refractivity contribution is 0.503. The summed E-state index contributed by atoms with van der Waals surface area (Å²) in [6.07, 6.45) is 0. The fourth-order valence-electron chi connectivity index (χ4n) is 1.16. The van der Waals surface area contributed by atoms with Crippen LogP contribution in [-0.4, -0.2) is 6.54 Å². The van der Waals surface area contributed by atoms with Gasteiger partial charge in [-0.15, -0.1) is 0 Å². The fourth-order valence-corrected chi connectivity index (χ4v) is 1.33. The number of hydrogen-bond donors (Lipinski definition) is 1. The topological polar surface area (TPSA) is 12.0 Å². The summed E-state index contributed by atoms with van der Waals surface area (Å²) in [5, 5.41) is 3.11. The van der Waals surface area contributed by atoms with Gasteiger partial charge in [0.15, 0.2) is 11.6 Å². The van der Waals surface area contributed by atoms with Gasteiger partial charge in [0, 0.05) is 17.1 Å². The van der Waals surface area contributed by atoms with Crippen molar-refractivity contribution in [2.75, 3.05) is 6.54 Å². The molecule has 0 radical (unpaired) electrons. The molecule has 0 aliphatic heterocycles. The molecule has 15 heavy (non-hydrogen) atoms. The van der Waals surface area contributed by atoms with E-state index in [1.54, 1.807) is 6.07 Å². The van der Waals surface area contributed by atoms with Crippen LogP contribution < -0.4 is 5.32 Å². The van der Waals surface area contributed by atoms with Gasteiger partial charge in [-0.05, 0) is 24.6 Å². The van der Waals surface area contributed by atoms with Crippen molar-refractivity contribution in [2.24, 2.45) is 0 Å². The third-order valence-electron chi connectivity index (χ3n) is 2.04. The normalized spacial score (nSPS) is 12.5. The standard InChI is InChI=1S/C11H12BrF2N/c1-7(12)6-15-8(2)9-3-4-10(13)11(14)5-9/h3-5,8,15H,1,6H2,2H3. The van der Waals surface area contributed by atoms with Crippen LogP contribution in [0, 0.1) is 11.6 Å². The first-order valence-electron chi connectivity index (χ1n) is 4.52. The van der Waals surface area contributed by atoms with Crippen molar-refractivity contribution in [3.63, 3.8) is 0 Å². The second kappa shape index (κ2) is 5.37. The van der Waals surface area contributed by atoms with Gasteiger partial charge in [-0.1, -0.05) is 28.6 Å². The van der Waals surface area contributed by atoms with Crippen molar-refractivity contribution < 1.29 is 8.78 Å². The summed E-state index contributed by atoms with van der Waals surface area (Å²) in [6, 6.07) is 3.84. The van der Waals surface area contributed by atoms with Crippen molar-refractivity contribution in [3.8, 4) is 0 Å². The van der Waals surface area contributed by atoms with Crippen LogP contribution in [0.5, 0.6) is 0 Å². The molecule has 0 heterocycles. The summed E-state index contributed by atoms with van der Waals surface area (Å²) in [6.45, 7) is 6.13. The van der Waals surface area contributed by atoms with Crippen molar-refractivity contribution in [1.82, 2.24) is 5.32 Å². The molecule has 1 nitrogen and oxygen atoms in total. The van der Waals surface area contributed by atoms with Gasteiger partial charge >= 0.3 is 0 Å². The monoisotopic (exact) mass is 275 g/mol. The minimum atomic E-state index is -0.823. The molecule has 0 saturated carbocycles. The molecule has 0 aliphatic rings. The summed E-state index contributed by atoms with van der Waals surface area (Å²) in [7, 11) is 0. The van der Waals surface area contributed by atoms with Crippen LogP contribution in [0.4, 0.5) is 8.78 Å². The molecule has 0 aliphatic carbocycles. The quantitative estimate of drug-likeness (QED) is 0.887. The molecule has 1 aromatic rings. The Hall–Kier alpha value is -0.740. The van der Waals surface area contributed by atoms with E-state index in [0.717, 1.165) is 10.5 Å². The summed E-state index contributed by atoms with van der Waals surface area (Å²) >= 11 is 3.21. The zero-order valence-electron chi connectivity index (χ0n) is 8.36. The molecule has 0 fully saturated rings. The third kappa shape index (κ3) is 3.72. The molecule has 0 saturated heterocycles. The van der Waals surface area contributed by atoms with Crippen molar-refractivity contribution in [3.05, 3.63) is 46.5 Å². The van der Waals surface area contributed by atoms with Gasteiger partial charge in [0.25, 0.3) is 0 Å². The van der Waals surface area contributed by atoms with Crippen LogP contribution in [0.3, 0.4) is 0 Å². The molecule has 0 spiro atoms. The lowest BCUT2D eigenvalue weighted by atomic mass is 10.1. The largest absolute Gasteiger partial charge is 0.306 e. The Balaban J connectivity index is 2.69. The van der Waals surface area contributed by atoms with Gasteiger partial charge in [-0.3, -0.25) is 0 Å². The van der Waals surface area contributed by atoms with E-state index >= 15 is 0 Å². The van der Waals surface area contributed by atoms with Crippen molar-refractivity contribution >= 4 is 15.9 Å². The number of benzene rings is 1. The number of hydrogen-bond acceptors (Lipinski definition) is 1. The highest BCUT2D eigenvalue weighted by molar-refractivity contribution is 9.11. The molecule has 4 heteroatoms. The maximum Gasteiger partial charge on any atom is 0.159 e. The summed E-state index contributed by atoms with van der Waals surface area (Å²) in [4.78, 5) is 0. The molecular weight excluding hydrogens is 264 g/mol. The van der Waals surface area contributed by atoms with Crippen LogP contribution in [0.25, 0.3) is 0 Å². The SMILES string of the molecule is C=C(Br)CNC(C)c1ccc(F)c(F)c1. The molecular formula is C11H12BrF2N. The van der Waals surface area contributed by atoms with Gasteiger partial charge in [0.05, 0.1) is 0 Å². The highest BCUT2D eigenvalue weighted by Gasteiger charge is 2.08. The Morgan fingerprint density at radius 3 is 2.67 bits per heavy atom. The van der Waals surface area contributed by atoms with Gasteiger partial charge in [-0.25, -0.2) is 8.78 Å². The Morgan fingerprint density at radius 2 is 2.13 bits per heavy atom. The smallest absolute Gasteiger partial charge is 0.159 e. The Bertz CT molecular complexity index is 366. The van der Waals surface area contributed by atoms with Gasteiger partial charge < -0.3 is 5.32 Å². The summed E-state index contributed by atoms with van der Waals surface area (Å²) < 4.78 is 26.4. The molecule has 1 N–H and O–H groups in total. The zero-order valence-corrected chi connectivity index (χ0v) is 9.94. The second-order valence-corrected chi connectivity index (χ2v) is 4.41. The summed E-state index contributed by atoms with van der Waals surface area (Å²) in [5.41, 5.74) is 0.711. The number of halogens is 3. The maximum absolute atomic E-state index is 12.9. The zero-order chi connectivity index (χ0) is 11.4. The van der Waals surface area contributed by atoms with E-state index in [0.29, 0.717) is 12.1 Å². The van der Waals surface area contributed by atoms with E-state index in [1.165, 1.54) is 6.07 Å². The average molecular weight is 276 g/mol. The molecule has 0 aromatic heterocycles. The summed E-state index contributed by atoms with van der Waals surface area (Å²) in [5.74, 6) is -1.64. The van der Waals surface area contributed by atoms with Crippen LogP contribution in [-0.2, 0) is 0 Å². The van der Waals surface area contributed by atoms with Gasteiger partial charge in [0.2, 0.25) is 0 Å². The van der Waals surface area contributed by atoms with E-state index in [1.807, 2.05) is 6.92 Å². The first-order valence-corrected chi connectivity index (χ1v) is 5.31. The van der Waals surface area contributed by atoms with Crippen LogP contribution in [0.1, 0.15) is 18.5 Å². The average Bonchev–Trinajstić information content (AvgIpc) is 2.18. The van der Waals surface area contributed by atoms with Crippen molar-refractivity contribution in [2.45, 2.75) is 13.0 Å². The van der Waals surface area contributed by atoms with Crippen LogP contribution in [0.2, 0.25) is 0 Å². The van der Waals surface area contributed by atoms with Crippen molar-refractivity contribution in [1.29, 1.82) is 0 Å². The Labute approximate surface area is 96.3 Å². The molecule has 1 rings (SSSR count). The van der Waals surface area contributed by atoms with E-state index in [9.17, 15) is 8.78 Å². The van der Waals surface area contributed by atoms with Crippen LogP contribution >= 0.6 is 15.9 Å². The Morgan fingerprint density at radius 1 is 1.47 bits per heavy atom. The highest BCUT2D eigenvalue weighted by atomic mass is 79.9.